The number of azide groups is 1. The van der Waals surface area contributed by atoms with E-state index in [9.17, 15) is 4.79 Å². The third kappa shape index (κ3) is 3.63. The Bertz CT molecular complexity index is 952. The van der Waals surface area contributed by atoms with Crippen LogP contribution in [0, 0.1) is 0 Å². The van der Waals surface area contributed by atoms with Crippen LogP contribution in [0.2, 0.25) is 0 Å². The molecule has 0 aliphatic rings. The van der Waals surface area contributed by atoms with Crippen molar-refractivity contribution in [3.05, 3.63) is 81.9 Å². The minimum Gasteiger partial charge on any atom is -0.466 e. The number of ether oxygens (including phenoxy) is 1. The van der Waals surface area contributed by atoms with Crippen molar-refractivity contribution in [3.8, 4) is 16.1 Å². The Morgan fingerprint density at radius 1 is 1.24 bits per heavy atom. The van der Waals surface area contributed by atoms with E-state index in [1.807, 2.05) is 64.8 Å². The second kappa shape index (κ2) is 7.53. The van der Waals surface area contributed by atoms with Crippen LogP contribution in [0.4, 0.5) is 0 Å². The maximum atomic E-state index is 11.8. The van der Waals surface area contributed by atoms with Gasteiger partial charge in [-0.1, -0.05) is 29.4 Å². The molecule has 0 saturated heterocycles. The van der Waals surface area contributed by atoms with E-state index in [0.29, 0.717) is 0 Å². The lowest BCUT2D eigenvalue weighted by Gasteiger charge is -2.00. The molecular formula is C18H14N4O2S. The Labute approximate surface area is 148 Å². The zero-order valence-corrected chi connectivity index (χ0v) is 14.2. The molecule has 0 saturated carbocycles. The largest absolute Gasteiger partial charge is 0.466 e. The normalized spacial score (nSPS) is 11.0. The highest BCUT2D eigenvalue weighted by molar-refractivity contribution is 7.13. The summed E-state index contributed by atoms with van der Waals surface area (Å²) in [4.78, 5) is 15.6. The predicted molar refractivity (Wildman–Crippen MR) is 98.2 cm³/mol. The maximum absolute atomic E-state index is 11.8. The van der Waals surface area contributed by atoms with Crippen molar-refractivity contribution in [2.24, 2.45) is 5.11 Å². The van der Waals surface area contributed by atoms with Crippen LogP contribution in [0.15, 0.2) is 71.0 Å². The second-order valence-electron chi connectivity index (χ2n) is 5.06. The SMILES string of the molecule is COC(=O)/C(=C/c1cn(-c2ccccc2)cc1-c1cccs1)N=[N+]=[N-]. The van der Waals surface area contributed by atoms with Crippen molar-refractivity contribution in [1.29, 1.82) is 0 Å². The molecule has 124 valence electrons. The summed E-state index contributed by atoms with van der Waals surface area (Å²) in [6.07, 6.45) is 5.41. The molecule has 0 radical (unpaired) electrons. The highest BCUT2D eigenvalue weighted by atomic mass is 32.1. The number of carbonyl (C=O) groups is 1. The van der Waals surface area contributed by atoms with Crippen LogP contribution in [0.3, 0.4) is 0 Å². The number of para-hydroxylation sites is 1. The fourth-order valence-corrected chi connectivity index (χ4v) is 3.16. The topological polar surface area (TPSA) is 80.0 Å². The number of esters is 1. The first kappa shape index (κ1) is 16.6. The average molecular weight is 350 g/mol. The van der Waals surface area contributed by atoms with E-state index in [4.69, 9.17) is 5.53 Å². The van der Waals surface area contributed by atoms with Crippen LogP contribution in [0.1, 0.15) is 5.56 Å². The number of carbonyl (C=O) groups excluding carboxylic acids is 1. The van der Waals surface area contributed by atoms with Crippen LogP contribution < -0.4 is 0 Å². The molecule has 1 aromatic carbocycles. The monoisotopic (exact) mass is 350 g/mol. The van der Waals surface area contributed by atoms with Crippen LogP contribution in [0.25, 0.3) is 32.6 Å². The van der Waals surface area contributed by atoms with Crippen LogP contribution in [0.5, 0.6) is 0 Å². The molecule has 0 aliphatic carbocycles. The molecule has 0 unspecified atom stereocenters. The molecule has 25 heavy (non-hydrogen) atoms. The number of hydrogen-bond acceptors (Lipinski definition) is 4. The van der Waals surface area contributed by atoms with Crippen molar-refractivity contribution < 1.29 is 9.53 Å². The van der Waals surface area contributed by atoms with Gasteiger partial charge in [-0.3, -0.25) is 0 Å². The molecule has 6 nitrogen and oxygen atoms in total. The lowest BCUT2D eigenvalue weighted by molar-refractivity contribution is -0.136. The summed E-state index contributed by atoms with van der Waals surface area (Å²) in [7, 11) is 1.25. The molecule has 2 heterocycles. The highest BCUT2D eigenvalue weighted by Crippen LogP contribution is 2.32. The van der Waals surface area contributed by atoms with E-state index < -0.39 is 5.97 Å². The molecule has 0 fully saturated rings. The van der Waals surface area contributed by atoms with E-state index in [-0.39, 0.29) is 5.70 Å². The maximum Gasteiger partial charge on any atom is 0.340 e. The fraction of sp³-hybridized carbons (Fsp3) is 0.0556. The van der Waals surface area contributed by atoms with Crippen molar-refractivity contribution in [3.63, 3.8) is 0 Å². The standard InChI is InChI=1S/C18H14N4O2S/c1-24-18(23)16(20-21-19)10-13-11-22(14-6-3-2-4-7-14)12-15(13)17-8-5-9-25-17/h2-12H,1H3/b16-10-. The van der Waals surface area contributed by atoms with Crippen LogP contribution >= 0.6 is 11.3 Å². The van der Waals surface area contributed by atoms with Gasteiger partial charge in [0.25, 0.3) is 0 Å². The third-order valence-electron chi connectivity index (χ3n) is 3.54. The van der Waals surface area contributed by atoms with Crippen molar-refractivity contribution in [2.75, 3.05) is 7.11 Å². The lowest BCUT2D eigenvalue weighted by atomic mass is 10.1. The molecule has 3 aromatic rings. The number of nitrogens with zero attached hydrogens (tertiary/aromatic N) is 4. The Balaban J connectivity index is 2.16. The van der Waals surface area contributed by atoms with Gasteiger partial charge < -0.3 is 9.30 Å². The average Bonchev–Trinajstić information content (AvgIpc) is 3.31. The van der Waals surface area contributed by atoms with Crippen molar-refractivity contribution in [2.45, 2.75) is 0 Å². The smallest absolute Gasteiger partial charge is 0.340 e. The molecule has 0 spiro atoms. The van der Waals surface area contributed by atoms with Gasteiger partial charge in [-0.05, 0) is 35.2 Å². The lowest BCUT2D eigenvalue weighted by Crippen LogP contribution is -2.01. The third-order valence-corrected chi connectivity index (χ3v) is 4.44. The summed E-state index contributed by atoms with van der Waals surface area (Å²) >= 11 is 1.59. The highest BCUT2D eigenvalue weighted by Gasteiger charge is 2.13. The predicted octanol–water partition coefficient (Wildman–Crippen LogP) is 5.03. The van der Waals surface area contributed by atoms with Gasteiger partial charge in [0.05, 0.1) is 7.11 Å². The van der Waals surface area contributed by atoms with E-state index in [0.717, 1.165) is 21.7 Å². The van der Waals surface area contributed by atoms with E-state index >= 15 is 0 Å². The number of aromatic nitrogens is 1. The van der Waals surface area contributed by atoms with E-state index in [1.165, 1.54) is 7.11 Å². The van der Waals surface area contributed by atoms with E-state index in [1.54, 1.807) is 17.4 Å². The molecule has 3 rings (SSSR count). The molecule has 0 amide bonds. The summed E-state index contributed by atoms with van der Waals surface area (Å²) in [5.41, 5.74) is 11.3. The Kier molecular flexibility index (Phi) is 4.99. The van der Waals surface area contributed by atoms with Gasteiger partial charge in [0.1, 0.15) is 5.70 Å². The number of thiophene rings is 1. The first-order valence-corrected chi connectivity index (χ1v) is 8.27. The van der Waals surface area contributed by atoms with Gasteiger partial charge in [-0.25, -0.2) is 4.79 Å². The number of rotatable bonds is 5. The van der Waals surface area contributed by atoms with Crippen LogP contribution in [-0.2, 0) is 9.53 Å². The minimum absolute atomic E-state index is 0.0892. The van der Waals surface area contributed by atoms with Crippen LogP contribution in [-0.4, -0.2) is 17.6 Å². The Morgan fingerprint density at radius 3 is 2.68 bits per heavy atom. The van der Waals surface area contributed by atoms with Gasteiger partial charge in [0.2, 0.25) is 0 Å². The second-order valence-corrected chi connectivity index (χ2v) is 6.01. The molecule has 2 aromatic heterocycles. The van der Waals surface area contributed by atoms with Gasteiger partial charge >= 0.3 is 5.97 Å². The zero-order valence-electron chi connectivity index (χ0n) is 13.4. The summed E-state index contributed by atoms with van der Waals surface area (Å²) in [6, 6.07) is 13.8. The first-order chi connectivity index (χ1) is 12.2. The molecule has 0 atom stereocenters. The summed E-state index contributed by atoms with van der Waals surface area (Å²) in [6.45, 7) is 0. The molecular weight excluding hydrogens is 336 g/mol. The molecule has 0 N–H and O–H groups in total. The zero-order chi connectivity index (χ0) is 17.6. The van der Waals surface area contributed by atoms with Gasteiger partial charge in [0, 0.05) is 39.0 Å². The minimum atomic E-state index is -0.678. The molecule has 7 heteroatoms. The number of benzene rings is 1. The molecule has 0 aliphatic heterocycles. The Hall–Kier alpha value is -3.28. The quantitative estimate of drug-likeness (QED) is 0.213. The van der Waals surface area contributed by atoms with E-state index in [2.05, 4.69) is 14.8 Å². The summed E-state index contributed by atoms with van der Waals surface area (Å²) in [5, 5.41) is 5.44. The van der Waals surface area contributed by atoms with Crippen molar-refractivity contribution >= 4 is 23.4 Å². The molecule has 0 bridgehead atoms. The first-order valence-electron chi connectivity index (χ1n) is 7.39. The number of hydrogen-bond donors (Lipinski definition) is 0. The van der Waals surface area contributed by atoms with Gasteiger partial charge in [0.15, 0.2) is 0 Å². The fourth-order valence-electron chi connectivity index (χ4n) is 2.40. The van der Waals surface area contributed by atoms with Crippen molar-refractivity contribution in [1.82, 2.24) is 4.57 Å². The number of methoxy groups -OCH3 is 1. The van der Waals surface area contributed by atoms with Gasteiger partial charge in [-0.15, -0.1) is 11.3 Å². The summed E-state index contributed by atoms with van der Waals surface area (Å²) < 4.78 is 6.65. The Morgan fingerprint density at radius 2 is 2.04 bits per heavy atom. The van der Waals surface area contributed by atoms with Gasteiger partial charge in [-0.2, -0.15) is 0 Å². The summed E-state index contributed by atoms with van der Waals surface area (Å²) in [5.74, 6) is -0.678.